The van der Waals surface area contributed by atoms with Gasteiger partial charge in [-0.3, -0.25) is 0 Å². The third kappa shape index (κ3) is 2.38. The van der Waals surface area contributed by atoms with Gasteiger partial charge in [-0.05, 0) is 12.1 Å². The molecule has 0 bridgehead atoms. The van der Waals surface area contributed by atoms with Crippen LogP contribution >= 0.6 is 11.3 Å². The molecule has 0 spiro atoms. The van der Waals surface area contributed by atoms with Gasteiger partial charge in [0, 0.05) is 18.3 Å². The Balaban J connectivity index is 1.70. The summed E-state index contributed by atoms with van der Waals surface area (Å²) in [6, 6.07) is 10.0. The molecule has 0 saturated carbocycles. The van der Waals surface area contributed by atoms with Crippen LogP contribution in [0.15, 0.2) is 48.2 Å². The summed E-state index contributed by atoms with van der Waals surface area (Å²) < 4.78 is 1.86. The SMILES string of the molecule is c1ccc(-n2cc(CNc3nncs3)cn2)cc1. The third-order valence-corrected chi connectivity index (χ3v) is 3.11. The first-order chi connectivity index (χ1) is 8.92. The number of nitrogens with zero attached hydrogens (tertiary/aromatic N) is 4. The Hall–Kier alpha value is -2.21. The molecule has 0 radical (unpaired) electrons. The van der Waals surface area contributed by atoms with Gasteiger partial charge in [0.1, 0.15) is 5.51 Å². The second kappa shape index (κ2) is 4.97. The van der Waals surface area contributed by atoms with Gasteiger partial charge in [0.25, 0.3) is 0 Å². The fourth-order valence-corrected chi connectivity index (χ4v) is 2.04. The predicted molar refractivity (Wildman–Crippen MR) is 70.8 cm³/mol. The molecule has 0 fully saturated rings. The van der Waals surface area contributed by atoms with Crippen molar-refractivity contribution in [1.82, 2.24) is 20.0 Å². The van der Waals surface area contributed by atoms with E-state index < -0.39 is 0 Å². The number of benzene rings is 1. The molecular weight excluding hydrogens is 246 g/mol. The first-order valence-electron chi connectivity index (χ1n) is 5.51. The Labute approximate surface area is 108 Å². The molecule has 0 aliphatic heterocycles. The van der Waals surface area contributed by atoms with E-state index in [-0.39, 0.29) is 0 Å². The van der Waals surface area contributed by atoms with Crippen LogP contribution < -0.4 is 5.32 Å². The molecule has 0 atom stereocenters. The molecule has 5 nitrogen and oxygen atoms in total. The number of para-hydroxylation sites is 1. The molecule has 2 heterocycles. The van der Waals surface area contributed by atoms with Crippen molar-refractivity contribution in [3.8, 4) is 5.69 Å². The van der Waals surface area contributed by atoms with Crippen molar-refractivity contribution in [3.05, 3.63) is 53.8 Å². The summed E-state index contributed by atoms with van der Waals surface area (Å²) in [6.07, 6.45) is 3.85. The second-order valence-corrected chi connectivity index (χ2v) is 4.56. The first kappa shape index (κ1) is 10.9. The Morgan fingerprint density at radius 3 is 2.89 bits per heavy atom. The lowest BCUT2D eigenvalue weighted by Crippen LogP contribution is -1.98. The van der Waals surface area contributed by atoms with Gasteiger partial charge in [-0.25, -0.2) is 4.68 Å². The van der Waals surface area contributed by atoms with Crippen molar-refractivity contribution < 1.29 is 0 Å². The molecule has 6 heteroatoms. The fourth-order valence-electron chi connectivity index (χ4n) is 1.60. The molecule has 0 saturated heterocycles. The molecular formula is C12H11N5S. The van der Waals surface area contributed by atoms with Gasteiger partial charge in [0.05, 0.1) is 11.9 Å². The molecule has 90 valence electrons. The number of nitrogens with one attached hydrogen (secondary N) is 1. The van der Waals surface area contributed by atoms with Crippen LogP contribution in [0.3, 0.4) is 0 Å². The van der Waals surface area contributed by atoms with Crippen LogP contribution in [-0.2, 0) is 6.54 Å². The van der Waals surface area contributed by atoms with Crippen LogP contribution in [0.2, 0.25) is 0 Å². The van der Waals surface area contributed by atoms with E-state index in [1.54, 1.807) is 5.51 Å². The molecule has 1 N–H and O–H groups in total. The summed E-state index contributed by atoms with van der Waals surface area (Å²) in [4.78, 5) is 0. The average Bonchev–Trinajstić information content (AvgIpc) is 3.09. The van der Waals surface area contributed by atoms with E-state index in [2.05, 4.69) is 20.6 Å². The van der Waals surface area contributed by atoms with Crippen molar-refractivity contribution in [3.63, 3.8) is 0 Å². The minimum absolute atomic E-state index is 0.696. The topological polar surface area (TPSA) is 55.6 Å². The van der Waals surface area contributed by atoms with Crippen LogP contribution in [0.25, 0.3) is 5.69 Å². The summed E-state index contributed by atoms with van der Waals surface area (Å²) in [5.41, 5.74) is 3.86. The number of rotatable bonds is 4. The lowest BCUT2D eigenvalue weighted by Gasteiger charge is -2.00. The summed E-state index contributed by atoms with van der Waals surface area (Å²) in [5, 5.41) is 16.0. The van der Waals surface area contributed by atoms with Crippen molar-refractivity contribution in [2.24, 2.45) is 0 Å². The number of hydrogen-bond donors (Lipinski definition) is 1. The van der Waals surface area contributed by atoms with E-state index in [1.165, 1.54) is 11.3 Å². The molecule has 18 heavy (non-hydrogen) atoms. The van der Waals surface area contributed by atoms with Gasteiger partial charge in [-0.1, -0.05) is 29.5 Å². The lowest BCUT2D eigenvalue weighted by atomic mass is 10.3. The maximum Gasteiger partial charge on any atom is 0.205 e. The number of anilines is 1. The summed E-state index contributed by atoms with van der Waals surface area (Å²) in [6.45, 7) is 0.696. The van der Waals surface area contributed by atoms with E-state index in [9.17, 15) is 0 Å². The van der Waals surface area contributed by atoms with E-state index >= 15 is 0 Å². The second-order valence-electron chi connectivity index (χ2n) is 3.73. The number of aromatic nitrogens is 4. The highest BCUT2D eigenvalue weighted by Gasteiger charge is 2.01. The van der Waals surface area contributed by atoms with Gasteiger partial charge in [-0.15, -0.1) is 10.2 Å². The van der Waals surface area contributed by atoms with Crippen LogP contribution in [-0.4, -0.2) is 20.0 Å². The highest BCUT2D eigenvalue weighted by atomic mass is 32.1. The fraction of sp³-hybridized carbons (Fsp3) is 0.0833. The largest absolute Gasteiger partial charge is 0.356 e. The summed E-state index contributed by atoms with van der Waals surface area (Å²) in [5.74, 6) is 0. The summed E-state index contributed by atoms with van der Waals surface area (Å²) >= 11 is 1.48. The van der Waals surface area contributed by atoms with Gasteiger partial charge >= 0.3 is 0 Å². The minimum atomic E-state index is 0.696. The molecule has 0 aliphatic carbocycles. The van der Waals surface area contributed by atoms with Gasteiger partial charge in [-0.2, -0.15) is 5.10 Å². The maximum absolute atomic E-state index is 4.33. The lowest BCUT2D eigenvalue weighted by molar-refractivity contribution is 0.880. The first-order valence-corrected chi connectivity index (χ1v) is 6.39. The van der Waals surface area contributed by atoms with E-state index in [0.29, 0.717) is 6.54 Å². The standard InChI is InChI=1S/C12H11N5S/c1-2-4-11(5-3-1)17-8-10(7-15-17)6-13-12-16-14-9-18-12/h1-5,7-9H,6H2,(H,13,16). The van der Waals surface area contributed by atoms with Crippen LogP contribution in [0.5, 0.6) is 0 Å². The highest BCUT2D eigenvalue weighted by molar-refractivity contribution is 7.13. The van der Waals surface area contributed by atoms with Crippen LogP contribution in [0.4, 0.5) is 5.13 Å². The van der Waals surface area contributed by atoms with Crippen LogP contribution in [0, 0.1) is 0 Å². The molecule has 3 rings (SSSR count). The normalized spacial score (nSPS) is 10.4. The predicted octanol–water partition coefficient (Wildman–Crippen LogP) is 2.34. The maximum atomic E-state index is 4.33. The highest BCUT2D eigenvalue weighted by Crippen LogP contribution is 2.11. The zero-order valence-corrected chi connectivity index (χ0v) is 10.3. The summed E-state index contributed by atoms with van der Waals surface area (Å²) in [7, 11) is 0. The van der Waals surface area contributed by atoms with Gasteiger partial charge in [0.2, 0.25) is 5.13 Å². The Bertz CT molecular complexity index is 602. The van der Waals surface area contributed by atoms with Crippen molar-refractivity contribution in [1.29, 1.82) is 0 Å². The van der Waals surface area contributed by atoms with Gasteiger partial charge < -0.3 is 5.32 Å². The zero-order chi connectivity index (χ0) is 12.2. The van der Waals surface area contributed by atoms with Crippen molar-refractivity contribution in [2.45, 2.75) is 6.54 Å². The van der Waals surface area contributed by atoms with E-state index in [4.69, 9.17) is 0 Å². The zero-order valence-electron chi connectivity index (χ0n) is 9.52. The molecule has 1 aromatic carbocycles. The van der Waals surface area contributed by atoms with Crippen molar-refractivity contribution in [2.75, 3.05) is 5.32 Å². The smallest absolute Gasteiger partial charge is 0.205 e. The molecule has 2 aromatic heterocycles. The molecule has 0 amide bonds. The van der Waals surface area contributed by atoms with Gasteiger partial charge in [0.15, 0.2) is 0 Å². The van der Waals surface area contributed by atoms with Crippen molar-refractivity contribution >= 4 is 16.5 Å². The quantitative estimate of drug-likeness (QED) is 0.779. The molecule has 3 aromatic rings. The Kier molecular flexibility index (Phi) is 3.01. The van der Waals surface area contributed by atoms with E-state index in [0.717, 1.165) is 16.4 Å². The Morgan fingerprint density at radius 1 is 1.22 bits per heavy atom. The third-order valence-electron chi connectivity index (χ3n) is 2.46. The van der Waals surface area contributed by atoms with Crippen LogP contribution in [0.1, 0.15) is 5.56 Å². The molecule has 0 aliphatic rings. The molecule has 0 unspecified atom stereocenters. The monoisotopic (exact) mass is 257 g/mol. The average molecular weight is 257 g/mol. The van der Waals surface area contributed by atoms with E-state index in [1.807, 2.05) is 47.4 Å². The Morgan fingerprint density at radius 2 is 2.11 bits per heavy atom. The minimum Gasteiger partial charge on any atom is -0.356 e. The number of hydrogen-bond acceptors (Lipinski definition) is 5.